The Hall–Kier alpha value is -2.47. The van der Waals surface area contributed by atoms with Crippen molar-refractivity contribution in [2.24, 2.45) is 5.92 Å². The number of hydrogen-bond acceptors (Lipinski definition) is 6. The number of carbonyl (C=O) groups is 1. The van der Waals surface area contributed by atoms with Gasteiger partial charge >= 0.3 is 12.0 Å². The van der Waals surface area contributed by atoms with Crippen LogP contribution in [0.25, 0.3) is 0 Å². The second-order valence-corrected chi connectivity index (χ2v) is 7.16. The Morgan fingerprint density at radius 2 is 1.93 bits per heavy atom. The molecule has 150 valence electrons. The van der Waals surface area contributed by atoms with E-state index in [9.17, 15) is 4.79 Å². The van der Waals surface area contributed by atoms with Gasteiger partial charge in [-0.05, 0) is 36.5 Å². The molecule has 0 spiro atoms. The predicted octanol–water partition coefficient (Wildman–Crippen LogP) is 4.75. The fourth-order valence-electron chi connectivity index (χ4n) is 3.48. The molecule has 1 aromatic heterocycles. The Kier molecular flexibility index (Phi) is 7.37. The van der Waals surface area contributed by atoms with Gasteiger partial charge in [-0.25, -0.2) is 4.79 Å². The fourth-order valence-corrected chi connectivity index (χ4v) is 3.48. The van der Waals surface area contributed by atoms with Crippen molar-refractivity contribution in [3.05, 3.63) is 47.8 Å². The number of benzene rings is 1. The van der Waals surface area contributed by atoms with Crippen LogP contribution in [0.3, 0.4) is 0 Å². The summed E-state index contributed by atoms with van der Waals surface area (Å²) in [7, 11) is 1.52. The van der Waals surface area contributed by atoms with Crippen molar-refractivity contribution >= 4 is 5.97 Å². The monoisotopic (exact) mass is 384 g/mol. The number of nitrogens with zero attached hydrogens (tertiary/aromatic N) is 2. The highest BCUT2D eigenvalue weighted by molar-refractivity contribution is 5.90. The summed E-state index contributed by atoms with van der Waals surface area (Å²) >= 11 is 0. The van der Waals surface area contributed by atoms with Gasteiger partial charge in [0, 0.05) is 6.61 Å². The third-order valence-electron chi connectivity index (χ3n) is 5.15. The van der Waals surface area contributed by atoms with Crippen molar-refractivity contribution in [1.82, 2.24) is 9.97 Å². The average Bonchev–Trinajstić information content (AvgIpc) is 2.75. The van der Waals surface area contributed by atoms with Crippen LogP contribution >= 0.6 is 0 Å². The zero-order valence-corrected chi connectivity index (χ0v) is 16.6. The second kappa shape index (κ2) is 10.2. The molecule has 28 heavy (non-hydrogen) atoms. The second-order valence-electron chi connectivity index (χ2n) is 7.16. The van der Waals surface area contributed by atoms with Crippen molar-refractivity contribution in [3.63, 3.8) is 0 Å². The Bertz CT molecular complexity index is 746. The van der Waals surface area contributed by atoms with E-state index < -0.39 is 5.97 Å². The minimum absolute atomic E-state index is 0.000381. The first-order valence-corrected chi connectivity index (χ1v) is 9.99. The maximum atomic E-state index is 12.3. The quantitative estimate of drug-likeness (QED) is 0.483. The standard InChI is InChI=1S/C22H28N2O4/c1-3-4-5-6-16-11-12-27-20(13-16)17-7-9-18(10-8-17)21(25)28-22-23-14-19(26-2)15-24-22/h7-10,14-16,20H,3-6,11-13H2,1-2H3. The molecule has 0 aliphatic carbocycles. The molecule has 1 aromatic carbocycles. The van der Waals surface area contributed by atoms with Gasteiger partial charge < -0.3 is 14.2 Å². The molecule has 1 fully saturated rings. The van der Waals surface area contributed by atoms with E-state index in [0.717, 1.165) is 30.9 Å². The van der Waals surface area contributed by atoms with Crippen molar-refractivity contribution < 1.29 is 19.0 Å². The maximum Gasteiger partial charge on any atom is 0.345 e. The van der Waals surface area contributed by atoms with Gasteiger partial charge in [-0.3, -0.25) is 0 Å². The first kappa shape index (κ1) is 20.3. The van der Waals surface area contributed by atoms with E-state index in [-0.39, 0.29) is 12.1 Å². The van der Waals surface area contributed by atoms with Crippen LogP contribution in [0.5, 0.6) is 11.8 Å². The first-order valence-electron chi connectivity index (χ1n) is 9.99. The lowest BCUT2D eigenvalue weighted by molar-refractivity contribution is -0.0125. The van der Waals surface area contributed by atoms with Crippen molar-refractivity contribution in [3.8, 4) is 11.8 Å². The van der Waals surface area contributed by atoms with Gasteiger partial charge in [0.25, 0.3) is 0 Å². The molecular formula is C22H28N2O4. The molecule has 2 atom stereocenters. The van der Waals surface area contributed by atoms with E-state index in [1.807, 2.05) is 12.1 Å². The summed E-state index contributed by atoms with van der Waals surface area (Å²) in [6, 6.07) is 7.44. The van der Waals surface area contributed by atoms with Crippen molar-refractivity contribution in [2.45, 2.75) is 51.6 Å². The zero-order valence-electron chi connectivity index (χ0n) is 16.6. The van der Waals surface area contributed by atoms with Crippen molar-refractivity contribution in [1.29, 1.82) is 0 Å². The summed E-state index contributed by atoms with van der Waals surface area (Å²) in [5.74, 6) is 0.741. The molecule has 0 N–H and O–H groups in total. The van der Waals surface area contributed by atoms with E-state index in [4.69, 9.17) is 14.2 Å². The molecular weight excluding hydrogens is 356 g/mol. The number of aromatic nitrogens is 2. The molecule has 2 heterocycles. The van der Waals surface area contributed by atoms with Crippen LogP contribution in [0, 0.1) is 5.92 Å². The fraction of sp³-hybridized carbons (Fsp3) is 0.500. The highest BCUT2D eigenvalue weighted by Gasteiger charge is 2.24. The van der Waals surface area contributed by atoms with Gasteiger partial charge in [0.2, 0.25) is 0 Å². The lowest BCUT2D eigenvalue weighted by Crippen LogP contribution is -2.20. The van der Waals surface area contributed by atoms with Crippen molar-refractivity contribution in [2.75, 3.05) is 13.7 Å². The van der Waals surface area contributed by atoms with Crippen LogP contribution in [0.4, 0.5) is 0 Å². The van der Waals surface area contributed by atoms with E-state index in [0.29, 0.717) is 11.3 Å². The Morgan fingerprint density at radius 1 is 1.18 bits per heavy atom. The van der Waals surface area contributed by atoms with E-state index >= 15 is 0 Å². The predicted molar refractivity (Wildman–Crippen MR) is 106 cm³/mol. The summed E-state index contributed by atoms with van der Waals surface area (Å²) in [6.45, 7) is 3.04. The first-order chi connectivity index (χ1) is 13.7. The lowest BCUT2D eigenvalue weighted by atomic mass is 9.88. The smallest absolute Gasteiger partial charge is 0.345 e. The van der Waals surface area contributed by atoms with E-state index in [1.165, 1.54) is 45.2 Å². The number of rotatable bonds is 8. The number of methoxy groups -OCH3 is 1. The molecule has 3 rings (SSSR count). The molecule has 0 radical (unpaired) electrons. The number of esters is 1. The SMILES string of the molecule is CCCCCC1CCOC(c2ccc(C(=O)Oc3ncc(OC)cn3)cc2)C1. The van der Waals surface area contributed by atoms with Crippen LogP contribution in [0.15, 0.2) is 36.7 Å². The van der Waals surface area contributed by atoms with Gasteiger partial charge in [-0.2, -0.15) is 9.97 Å². The Labute approximate surface area is 166 Å². The molecule has 0 bridgehead atoms. The molecule has 1 aliphatic rings. The molecule has 2 unspecified atom stereocenters. The molecule has 6 heteroatoms. The van der Waals surface area contributed by atoms with Gasteiger partial charge in [-0.15, -0.1) is 0 Å². The summed E-state index contributed by atoms with van der Waals surface area (Å²) in [5.41, 5.74) is 1.57. The molecule has 6 nitrogen and oxygen atoms in total. The molecule has 2 aromatic rings. The summed E-state index contributed by atoms with van der Waals surface area (Å²) in [4.78, 5) is 20.2. The summed E-state index contributed by atoms with van der Waals surface area (Å²) < 4.78 is 16.2. The lowest BCUT2D eigenvalue weighted by Gasteiger charge is -2.30. The number of carbonyl (C=O) groups excluding carboxylic acids is 1. The normalized spacial score (nSPS) is 19.2. The summed E-state index contributed by atoms with van der Waals surface area (Å²) in [5, 5.41) is 0. The topological polar surface area (TPSA) is 70.5 Å². The van der Waals surface area contributed by atoms with Crippen LogP contribution in [-0.2, 0) is 4.74 Å². The summed E-state index contributed by atoms with van der Waals surface area (Å²) in [6.07, 6.45) is 10.3. The molecule has 1 saturated heterocycles. The maximum absolute atomic E-state index is 12.3. The number of hydrogen-bond donors (Lipinski definition) is 0. The van der Waals surface area contributed by atoms with Gasteiger partial charge in [0.15, 0.2) is 5.75 Å². The minimum Gasteiger partial charge on any atom is -0.494 e. The van der Waals surface area contributed by atoms with Crippen LogP contribution in [-0.4, -0.2) is 29.7 Å². The number of ether oxygens (including phenoxy) is 3. The van der Waals surface area contributed by atoms with Crippen LogP contribution in [0.2, 0.25) is 0 Å². The van der Waals surface area contributed by atoms with Gasteiger partial charge in [-0.1, -0.05) is 44.7 Å². The highest BCUT2D eigenvalue weighted by Crippen LogP contribution is 2.34. The zero-order chi connectivity index (χ0) is 19.8. The molecule has 1 aliphatic heterocycles. The van der Waals surface area contributed by atoms with E-state index in [1.54, 1.807) is 12.1 Å². The minimum atomic E-state index is -0.487. The molecule has 0 saturated carbocycles. The van der Waals surface area contributed by atoms with Crippen LogP contribution in [0.1, 0.15) is 67.5 Å². The third-order valence-corrected chi connectivity index (χ3v) is 5.15. The Balaban J connectivity index is 1.56. The van der Waals surface area contributed by atoms with E-state index in [2.05, 4.69) is 16.9 Å². The largest absolute Gasteiger partial charge is 0.494 e. The average molecular weight is 384 g/mol. The highest BCUT2D eigenvalue weighted by atomic mass is 16.5. The van der Waals surface area contributed by atoms with Crippen LogP contribution < -0.4 is 9.47 Å². The number of unbranched alkanes of at least 4 members (excludes halogenated alkanes) is 2. The van der Waals surface area contributed by atoms with Gasteiger partial charge in [0.05, 0.1) is 31.2 Å². The molecule has 0 amide bonds. The van der Waals surface area contributed by atoms with Gasteiger partial charge in [0.1, 0.15) is 0 Å². The Morgan fingerprint density at radius 3 is 2.61 bits per heavy atom. The third kappa shape index (κ3) is 5.52.